The van der Waals surface area contributed by atoms with E-state index in [1.165, 1.54) is 0 Å². The molecule has 4 rings (SSSR count). The van der Waals surface area contributed by atoms with E-state index in [1.54, 1.807) is 6.20 Å². The average Bonchev–Trinajstić information content (AvgIpc) is 3.12. The number of carbonyl (C=O) groups excluding carboxylic acids is 1. The van der Waals surface area contributed by atoms with E-state index in [2.05, 4.69) is 32.4 Å². The third-order valence-corrected chi connectivity index (χ3v) is 4.97. The number of hydrogen-bond acceptors (Lipinski definition) is 4. The summed E-state index contributed by atoms with van der Waals surface area (Å²) in [4.78, 5) is 17.7. The van der Waals surface area contributed by atoms with Crippen molar-refractivity contribution in [3.63, 3.8) is 0 Å². The fourth-order valence-electron chi connectivity index (χ4n) is 3.47. The van der Waals surface area contributed by atoms with E-state index in [1.807, 2.05) is 48.5 Å². The van der Waals surface area contributed by atoms with Gasteiger partial charge < -0.3 is 10.2 Å². The third-order valence-electron chi connectivity index (χ3n) is 4.97. The van der Waals surface area contributed by atoms with Gasteiger partial charge >= 0.3 is 0 Å². The number of anilines is 1. The van der Waals surface area contributed by atoms with Crippen molar-refractivity contribution in [1.82, 2.24) is 20.0 Å². The van der Waals surface area contributed by atoms with Crippen LogP contribution in [0.2, 0.25) is 0 Å². The van der Waals surface area contributed by atoms with Crippen LogP contribution in [0.25, 0.3) is 10.9 Å². The van der Waals surface area contributed by atoms with E-state index < -0.39 is 0 Å². The van der Waals surface area contributed by atoms with Gasteiger partial charge in [0.05, 0.1) is 11.7 Å². The predicted octanol–water partition coefficient (Wildman–Crippen LogP) is 2.49. The van der Waals surface area contributed by atoms with Crippen LogP contribution in [-0.2, 0) is 4.79 Å². The molecule has 1 saturated heterocycles. The molecule has 6 nitrogen and oxygen atoms in total. The second-order valence-corrected chi connectivity index (χ2v) is 6.81. The van der Waals surface area contributed by atoms with Gasteiger partial charge in [-0.05, 0) is 30.8 Å². The molecule has 6 heteroatoms. The number of piperazine rings is 1. The number of fused-ring (bicyclic) bond motifs is 1. The Labute approximate surface area is 152 Å². The topological polar surface area (TPSA) is 64.3 Å². The zero-order valence-corrected chi connectivity index (χ0v) is 14.9. The molecule has 1 aromatic heterocycles. The van der Waals surface area contributed by atoms with Gasteiger partial charge in [-0.25, -0.2) is 0 Å². The normalized spacial score (nSPS) is 17.3. The van der Waals surface area contributed by atoms with Crippen molar-refractivity contribution < 1.29 is 4.79 Å². The summed E-state index contributed by atoms with van der Waals surface area (Å²) in [7, 11) is 2.12. The van der Waals surface area contributed by atoms with Crippen molar-refractivity contribution in [1.29, 1.82) is 0 Å². The van der Waals surface area contributed by atoms with E-state index in [0.717, 1.165) is 48.3 Å². The molecule has 134 valence electrons. The second kappa shape index (κ2) is 7.27. The molecule has 26 heavy (non-hydrogen) atoms. The fraction of sp³-hybridized carbons (Fsp3) is 0.300. The number of nitrogens with one attached hydrogen (secondary N) is 2. The van der Waals surface area contributed by atoms with E-state index in [4.69, 9.17) is 0 Å². The van der Waals surface area contributed by atoms with Crippen molar-refractivity contribution in [2.24, 2.45) is 0 Å². The standard InChI is InChI=1S/C20H23N5O/c1-24-9-11-25(12-10-24)19(15-5-3-2-4-6-15)20(26)22-17-7-8-18-16(13-17)14-21-23-18/h2-8,13-14,19H,9-12H2,1H3,(H,21,23)(H,22,26). The Kier molecular flexibility index (Phi) is 4.69. The van der Waals surface area contributed by atoms with Crippen LogP contribution in [0.5, 0.6) is 0 Å². The molecule has 3 aromatic rings. The molecular formula is C20H23N5O. The van der Waals surface area contributed by atoms with Crippen LogP contribution in [-0.4, -0.2) is 59.1 Å². The van der Waals surface area contributed by atoms with Gasteiger partial charge in [-0.3, -0.25) is 14.8 Å². The van der Waals surface area contributed by atoms with Crippen LogP contribution in [0.1, 0.15) is 11.6 Å². The second-order valence-electron chi connectivity index (χ2n) is 6.81. The highest BCUT2D eigenvalue weighted by molar-refractivity contribution is 5.97. The number of hydrogen-bond donors (Lipinski definition) is 2. The summed E-state index contributed by atoms with van der Waals surface area (Å²) in [5, 5.41) is 11.0. The Morgan fingerprint density at radius 2 is 1.88 bits per heavy atom. The first-order valence-electron chi connectivity index (χ1n) is 8.92. The Bertz CT molecular complexity index is 883. The Morgan fingerprint density at radius 1 is 1.12 bits per heavy atom. The first-order chi connectivity index (χ1) is 12.7. The van der Waals surface area contributed by atoms with Gasteiger partial charge in [0.1, 0.15) is 6.04 Å². The molecule has 2 heterocycles. The molecule has 1 fully saturated rings. The Hall–Kier alpha value is -2.70. The van der Waals surface area contributed by atoms with Gasteiger partial charge in [-0.2, -0.15) is 5.10 Å². The van der Waals surface area contributed by atoms with Crippen molar-refractivity contribution >= 4 is 22.5 Å². The molecule has 1 aliphatic rings. The number of nitrogens with zero attached hydrogens (tertiary/aromatic N) is 3. The quantitative estimate of drug-likeness (QED) is 0.760. The minimum atomic E-state index is -0.287. The first-order valence-corrected chi connectivity index (χ1v) is 8.92. The van der Waals surface area contributed by atoms with Crippen LogP contribution >= 0.6 is 0 Å². The molecule has 2 aromatic carbocycles. The maximum absolute atomic E-state index is 13.2. The molecule has 1 atom stereocenters. The van der Waals surface area contributed by atoms with Gasteiger partial charge in [0.15, 0.2) is 0 Å². The van der Waals surface area contributed by atoms with E-state index in [-0.39, 0.29) is 11.9 Å². The highest BCUT2D eigenvalue weighted by Crippen LogP contribution is 2.25. The molecule has 0 radical (unpaired) electrons. The summed E-state index contributed by atoms with van der Waals surface area (Å²) in [5.74, 6) is 0.00333. The molecule has 0 aliphatic carbocycles. The Balaban J connectivity index is 1.59. The Morgan fingerprint density at radius 3 is 2.65 bits per heavy atom. The van der Waals surface area contributed by atoms with Crippen LogP contribution < -0.4 is 5.32 Å². The molecule has 0 saturated carbocycles. The average molecular weight is 349 g/mol. The molecule has 2 N–H and O–H groups in total. The minimum absolute atomic E-state index is 0.00333. The van der Waals surface area contributed by atoms with Crippen molar-refractivity contribution in [3.05, 3.63) is 60.3 Å². The molecule has 1 amide bonds. The van der Waals surface area contributed by atoms with E-state index in [0.29, 0.717) is 0 Å². The lowest BCUT2D eigenvalue weighted by Gasteiger charge is -2.37. The zero-order chi connectivity index (χ0) is 17.9. The zero-order valence-electron chi connectivity index (χ0n) is 14.9. The number of likely N-dealkylation sites (N-methyl/N-ethyl adjacent to an activating group) is 1. The monoisotopic (exact) mass is 349 g/mol. The van der Waals surface area contributed by atoms with Crippen LogP contribution in [0.15, 0.2) is 54.7 Å². The van der Waals surface area contributed by atoms with Crippen LogP contribution in [0.3, 0.4) is 0 Å². The lowest BCUT2D eigenvalue weighted by molar-refractivity contribution is -0.122. The molecular weight excluding hydrogens is 326 g/mol. The summed E-state index contributed by atoms with van der Waals surface area (Å²) >= 11 is 0. The number of aromatic nitrogens is 2. The largest absolute Gasteiger partial charge is 0.324 e. The number of aromatic amines is 1. The van der Waals surface area contributed by atoms with Gasteiger partial charge in [-0.15, -0.1) is 0 Å². The summed E-state index contributed by atoms with van der Waals surface area (Å²) in [6.45, 7) is 3.70. The van der Waals surface area contributed by atoms with E-state index >= 15 is 0 Å². The maximum atomic E-state index is 13.2. The SMILES string of the molecule is CN1CCN(C(C(=O)Nc2ccc3[nH]ncc3c2)c2ccccc2)CC1. The molecule has 1 aliphatic heterocycles. The van der Waals surface area contributed by atoms with Gasteiger partial charge in [0.2, 0.25) is 5.91 Å². The summed E-state index contributed by atoms with van der Waals surface area (Å²) < 4.78 is 0. The van der Waals surface area contributed by atoms with E-state index in [9.17, 15) is 4.79 Å². The smallest absolute Gasteiger partial charge is 0.246 e. The highest BCUT2D eigenvalue weighted by atomic mass is 16.2. The van der Waals surface area contributed by atoms with Gasteiger partial charge in [-0.1, -0.05) is 30.3 Å². The van der Waals surface area contributed by atoms with Gasteiger partial charge in [0.25, 0.3) is 0 Å². The number of amides is 1. The predicted molar refractivity (Wildman–Crippen MR) is 103 cm³/mol. The van der Waals surface area contributed by atoms with Crippen molar-refractivity contribution in [2.45, 2.75) is 6.04 Å². The summed E-state index contributed by atoms with van der Waals surface area (Å²) in [5.41, 5.74) is 2.78. The molecule has 1 unspecified atom stereocenters. The first kappa shape index (κ1) is 16.8. The van der Waals surface area contributed by atoms with Crippen molar-refractivity contribution in [2.75, 3.05) is 38.5 Å². The van der Waals surface area contributed by atoms with Crippen LogP contribution in [0.4, 0.5) is 5.69 Å². The van der Waals surface area contributed by atoms with Gasteiger partial charge in [0, 0.05) is 37.3 Å². The summed E-state index contributed by atoms with van der Waals surface area (Å²) in [6, 6.07) is 15.5. The number of H-pyrrole nitrogens is 1. The molecule has 0 bridgehead atoms. The highest BCUT2D eigenvalue weighted by Gasteiger charge is 2.29. The lowest BCUT2D eigenvalue weighted by Crippen LogP contribution is -2.48. The summed E-state index contributed by atoms with van der Waals surface area (Å²) in [6.07, 6.45) is 1.76. The fourth-order valence-corrected chi connectivity index (χ4v) is 3.47. The maximum Gasteiger partial charge on any atom is 0.246 e. The minimum Gasteiger partial charge on any atom is -0.324 e. The van der Waals surface area contributed by atoms with Crippen LogP contribution in [0, 0.1) is 0 Å². The number of benzene rings is 2. The number of rotatable bonds is 4. The lowest BCUT2D eigenvalue weighted by atomic mass is 10.0. The number of carbonyl (C=O) groups is 1. The van der Waals surface area contributed by atoms with Crippen molar-refractivity contribution in [3.8, 4) is 0 Å². The molecule has 0 spiro atoms. The third kappa shape index (κ3) is 3.47.